The zero-order valence-electron chi connectivity index (χ0n) is 9.36. The molecule has 0 saturated carbocycles. The predicted octanol–water partition coefficient (Wildman–Crippen LogP) is 4.77. The van der Waals surface area contributed by atoms with E-state index in [1.165, 1.54) is 10.4 Å². The molecule has 0 bridgehead atoms. The number of ether oxygens (including phenoxy) is 2. The van der Waals surface area contributed by atoms with Crippen molar-refractivity contribution in [1.82, 2.24) is 0 Å². The molecular weight excluding hydrogens is 380 g/mol. The lowest BCUT2D eigenvalue weighted by Gasteiger charge is -2.19. The van der Waals surface area contributed by atoms with E-state index in [1.807, 2.05) is 12.1 Å². The lowest BCUT2D eigenvalue weighted by atomic mass is 10.1. The van der Waals surface area contributed by atoms with Crippen LogP contribution in [0.3, 0.4) is 0 Å². The summed E-state index contributed by atoms with van der Waals surface area (Å²) in [7, 11) is 0. The van der Waals surface area contributed by atoms with Crippen molar-refractivity contribution in [2.45, 2.75) is 4.83 Å². The lowest BCUT2D eigenvalue weighted by Crippen LogP contribution is -2.15. The van der Waals surface area contributed by atoms with Crippen molar-refractivity contribution in [1.29, 1.82) is 0 Å². The van der Waals surface area contributed by atoms with E-state index in [2.05, 4.69) is 50.1 Å². The third-order valence-corrected chi connectivity index (χ3v) is 5.72. The molecule has 0 amide bonds. The normalized spacial score (nSPS) is 15.4. The number of thiophene rings is 1. The van der Waals surface area contributed by atoms with Crippen LogP contribution in [0.5, 0.6) is 11.5 Å². The van der Waals surface area contributed by atoms with Crippen molar-refractivity contribution >= 4 is 43.2 Å². The van der Waals surface area contributed by atoms with Gasteiger partial charge in [-0.15, -0.1) is 11.3 Å². The van der Waals surface area contributed by atoms with Gasteiger partial charge in [-0.3, -0.25) is 0 Å². The summed E-state index contributed by atoms with van der Waals surface area (Å²) in [6, 6.07) is 10.3. The SMILES string of the molecule is Brc1ccc(C(Br)c2ccc3c(c2)OCCO3)s1. The quantitative estimate of drug-likeness (QED) is 0.689. The second kappa shape index (κ2) is 5.23. The second-order valence-corrected chi connectivity index (χ2v) is 7.32. The zero-order chi connectivity index (χ0) is 12.5. The van der Waals surface area contributed by atoms with Gasteiger partial charge in [-0.1, -0.05) is 22.0 Å². The van der Waals surface area contributed by atoms with Crippen molar-refractivity contribution < 1.29 is 9.47 Å². The average molecular weight is 390 g/mol. The predicted molar refractivity (Wildman–Crippen MR) is 80.2 cm³/mol. The summed E-state index contributed by atoms with van der Waals surface area (Å²) >= 11 is 8.94. The number of fused-ring (bicyclic) bond motifs is 1. The van der Waals surface area contributed by atoms with E-state index in [0.717, 1.165) is 15.3 Å². The first-order valence-electron chi connectivity index (χ1n) is 5.53. The first-order chi connectivity index (χ1) is 8.74. The maximum Gasteiger partial charge on any atom is 0.161 e. The highest BCUT2D eigenvalue weighted by Gasteiger charge is 2.17. The van der Waals surface area contributed by atoms with Crippen molar-refractivity contribution in [3.63, 3.8) is 0 Å². The highest BCUT2D eigenvalue weighted by atomic mass is 79.9. The third-order valence-electron chi connectivity index (χ3n) is 2.70. The van der Waals surface area contributed by atoms with Crippen LogP contribution in [-0.4, -0.2) is 13.2 Å². The van der Waals surface area contributed by atoms with Crippen LogP contribution in [0, 0.1) is 0 Å². The summed E-state index contributed by atoms with van der Waals surface area (Å²) in [5.41, 5.74) is 1.17. The average Bonchev–Trinajstić information content (AvgIpc) is 2.84. The molecule has 1 aliphatic rings. The molecule has 2 heterocycles. The molecule has 2 aromatic rings. The maximum atomic E-state index is 5.60. The van der Waals surface area contributed by atoms with Crippen LogP contribution in [-0.2, 0) is 0 Å². The Morgan fingerprint density at radius 3 is 2.56 bits per heavy atom. The number of hydrogen-bond donors (Lipinski definition) is 0. The molecule has 1 atom stereocenters. The Hall–Kier alpha value is -0.520. The minimum Gasteiger partial charge on any atom is -0.486 e. The van der Waals surface area contributed by atoms with Crippen LogP contribution >= 0.6 is 43.2 Å². The molecule has 5 heteroatoms. The largest absolute Gasteiger partial charge is 0.486 e. The zero-order valence-corrected chi connectivity index (χ0v) is 13.3. The molecule has 1 aromatic carbocycles. The minimum atomic E-state index is 0.185. The molecule has 2 nitrogen and oxygen atoms in total. The minimum absolute atomic E-state index is 0.185. The van der Waals surface area contributed by atoms with Gasteiger partial charge in [0.1, 0.15) is 13.2 Å². The molecule has 0 N–H and O–H groups in total. The van der Waals surface area contributed by atoms with E-state index in [1.54, 1.807) is 11.3 Å². The van der Waals surface area contributed by atoms with E-state index >= 15 is 0 Å². The van der Waals surface area contributed by atoms with Crippen molar-refractivity contribution in [2.75, 3.05) is 13.2 Å². The van der Waals surface area contributed by atoms with Gasteiger partial charge in [0.05, 0.1) is 8.61 Å². The highest BCUT2D eigenvalue weighted by Crippen LogP contribution is 2.40. The Morgan fingerprint density at radius 1 is 1.06 bits per heavy atom. The maximum absolute atomic E-state index is 5.60. The van der Waals surface area contributed by atoms with Gasteiger partial charge in [0.25, 0.3) is 0 Å². The van der Waals surface area contributed by atoms with Crippen LogP contribution in [0.15, 0.2) is 34.1 Å². The van der Waals surface area contributed by atoms with Crippen molar-refractivity contribution in [3.8, 4) is 11.5 Å². The van der Waals surface area contributed by atoms with Gasteiger partial charge in [0.2, 0.25) is 0 Å². The smallest absolute Gasteiger partial charge is 0.161 e. The van der Waals surface area contributed by atoms with E-state index in [0.29, 0.717) is 13.2 Å². The molecule has 0 radical (unpaired) electrons. The van der Waals surface area contributed by atoms with E-state index < -0.39 is 0 Å². The Morgan fingerprint density at radius 2 is 1.83 bits per heavy atom. The van der Waals surface area contributed by atoms with Gasteiger partial charge in [0, 0.05) is 4.88 Å². The standard InChI is InChI=1S/C13H10Br2O2S/c14-12-4-3-11(18-12)13(15)8-1-2-9-10(7-8)17-6-5-16-9/h1-4,7,13H,5-6H2. The summed E-state index contributed by atoms with van der Waals surface area (Å²) in [5, 5.41) is 0. The first kappa shape index (κ1) is 12.5. The lowest BCUT2D eigenvalue weighted by molar-refractivity contribution is 0.171. The molecule has 0 aliphatic carbocycles. The molecule has 18 heavy (non-hydrogen) atoms. The monoisotopic (exact) mass is 388 g/mol. The van der Waals surface area contributed by atoms with E-state index in [9.17, 15) is 0 Å². The van der Waals surface area contributed by atoms with Crippen LogP contribution in [0.25, 0.3) is 0 Å². The molecule has 1 aliphatic heterocycles. The van der Waals surface area contributed by atoms with Crippen molar-refractivity contribution in [2.24, 2.45) is 0 Å². The van der Waals surface area contributed by atoms with Gasteiger partial charge < -0.3 is 9.47 Å². The summed E-state index contributed by atoms with van der Waals surface area (Å²) in [6.45, 7) is 1.25. The summed E-state index contributed by atoms with van der Waals surface area (Å²) in [5.74, 6) is 1.66. The van der Waals surface area contributed by atoms with E-state index in [-0.39, 0.29) is 4.83 Å². The molecular formula is C13H10Br2O2S. The number of rotatable bonds is 2. The molecule has 94 valence electrons. The summed E-state index contributed by atoms with van der Waals surface area (Å²) in [6.07, 6.45) is 0. The Balaban J connectivity index is 1.92. The van der Waals surface area contributed by atoms with E-state index in [4.69, 9.17) is 9.47 Å². The fraction of sp³-hybridized carbons (Fsp3) is 0.231. The molecule has 0 saturated heterocycles. The second-order valence-electron chi connectivity index (χ2n) is 3.91. The van der Waals surface area contributed by atoms with Gasteiger partial charge in [0.15, 0.2) is 11.5 Å². The Kier molecular flexibility index (Phi) is 3.63. The molecule has 0 fully saturated rings. The van der Waals surface area contributed by atoms with Crippen LogP contribution < -0.4 is 9.47 Å². The molecule has 3 rings (SSSR count). The fourth-order valence-corrected chi connectivity index (χ4v) is 3.99. The number of benzene rings is 1. The number of halogens is 2. The van der Waals surface area contributed by atoms with Crippen LogP contribution in [0.4, 0.5) is 0 Å². The van der Waals surface area contributed by atoms with Gasteiger partial charge >= 0.3 is 0 Å². The third kappa shape index (κ3) is 2.44. The van der Waals surface area contributed by atoms with Crippen LogP contribution in [0.2, 0.25) is 0 Å². The summed E-state index contributed by atoms with van der Waals surface area (Å²) < 4.78 is 12.3. The van der Waals surface area contributed by atoms with Crippen LogP contribution in [0.1, 0.15) is 15.3 Å². The van der Waals surface area contributed by atoms with Gasteiger partial charge in [-0.2, -0.15) is 0 Å². The summed E-state index contributed by atoms with van der Waals surface area (Å²) in [4.78, 5) is 1.45. The Labute approximate surface area is 126 Å². The highest BCUT2D eigenvalue weighted by molar-refractivity contribution is 9.11. The topological polar surface area (TPSA) is 18.5 Å². The fourth-order valence-electron chi connectivity index (χ4n) is 1.85. The van der Waals surface area contributed by atoms with Gasteiger partial charge in [-0.05, 0) is 45.8 Å². The molecule has 1 aromatic heterocycles. The molecule has 0 spiro atoms. The van der Waals surface area contributed by atoms with Gasteiger partial charge in [-0.25, -0.2) is 0 Å². The van der Waals surface area contributed by atoms with Crippen molar-refractivity contribution in [3.05, 3.63) is 44.6 Å². The Bertz CT molecular complexity index is 568. The number of hydrogen-bond acceptors (Lipinski definition) is 3. The first-order valence-corrected chi connectivity index (χ1v) is 8.05. The molecule has 1 unspecified atom stereocenters. The number of alkyl halides is 1.